The molecule has 0 aromatic heterocycles. The molecule has 1 saturated heterocycles. The van der Waals surface area contributed by atoms with Crippen molar-refractivity contribution >= 4 is 68.1 Å². The van der Waals surface area contributed by atoms with Gasteiger partial charge in [0.2, 0.25) is 5.91 Å². The maximum absolute atomic E-state index is 13.0. The monoisotopic (exact) mass is 661 g/mol. The first kappa shape index (κ1) is 25.7. The van der Waals surface area contributed by atoms with E-state index in [-0.39, 0.29) is 5.70 Å². The molecule has 3 aromatic carbocycles. The Morgan fingerprint density at radius 2 is 1.83 bits per heavy atom. The number of ether oxygens (including phenoxy) is 2. The largest absolute Gasteiger partial charge is 0.495 e. The number of anilines is 1. The quantitative estimate of drug-likeness (QED) is 0.197. The van der Waals surface area contributed by atoms with Crippen molar-refractivity contribution in [2.45, 2.75) is 6.61 Å². The molecule has 4 rings (SSSR count). The van der Waals surface area contributed by atoms with Gasteiger partial charge in [-0.15, -0.1) is 0 Å². The van der Waals surface area contributed by atoms with Crippen LogP contribution < -0.4 is 20.1 Å². The Kier molecular flexibility index (Phi) is 8.26. The number of amides is 4. The summed E-state index contributed by atoms with van der Waals surface area (Å²) < 4.78 is 13.1. The number of hydrogen-bond donors (Lipinski definition) is 2. The molecule has 4 amide bonds. The van der Waals surface area contributed by atoms with E-state index in [0.717, 1.165) is 18.5 Å². The molecule has 0 bridgehead atoms. The molecule has 0 radical (unpaired) electrons. The number of imide groups is 1. The van der Waals surface area contributed by atoms with Crippen molar-refractivity contribution < 1.29 is 23.9 Å². The Hall–Kier alpha value is -3.38. The van der Waals surface area contributed by atoms with Gasteiger partial charge in [0.1, 0.15) is 30.3 Å². The van der Waals surface area contributed by atoms with Gasteiger partial charge in [-0.25, -0.2) is 9.69 Å². The van der Waals surface area contributed by atoms with Crippen LogP contribution in [0.15, 0.2) is 76.9 Å². The number of para-hydroxylation sites is 2. The first-order valence-corrected chi connectivity index (χ1v) is 12.7. The lowest BCUT2D eigenvalue weighted by molar-refractivity contribution is -0.127. The second kappa shape index (κ2) is 11.6. The van der Waals surface area contributed by atoms with Crippen LogP contribution in [0.4, 0.5) is 10.5 Å². The van der Waals surface area contributed by atoms with Crippen molar-refractivity contribution in [3.05, 3.63) is 91.6 Å². The zero-order chi connectivity index (χ0) is 25.7. The van der Waals surface area contributed by atoms with Gasteiger partial charge in [-0.1, -0.05) is 40.2 Å². The average molecular weight is 662 g/mol. The molecule has 0 atom stereocenters. The normalized spacial score (nSPS) is 14.1. The number of carbonyl (C=O) groups excluding carboxylic acids is 3. The summed E-state index contributed by atoms with van der Waals surface area (Å²) in [5.41, 5.74) is 2.08. The molecule has 1 aliphatic rings. The smallest absolute Gasteiger partial charge is 0.329 e. The van der Waals surface area contributed by atoms with Crippen molar-refractivity contribution in [3.63, 3.8) is 0 Å². The van der Waals surface area contributed by atoms with Crippen LogP contribution in [-0.4, -0.2) is 36.4 Å². The van der Waals surface area contributed by atoms with Crippen LogP contribution in [0.2, 0.25) is 0 Å². The fraction of sp³-hybridized carbons (Fsp3) is 0.115. The molecule has 3 aromatic rings. The van der Waals surface area contributed by atoms with E-state index in [9.17, 15) is 14.4 Å². The van der Waals surface area contributed by atoms with E-state index in [0.29, 0.717) is 29.4 Å². The van der Waals surface area contributed by atoms with E-state index in [1.807, 2.05) is 30.3 Å². The lowest BCUT2D eigenvalue weighted by Crippen LogP contribution is -2.38. The Labute approximate surface area is 229 Å². The molecule has 1 heterocycles. The van der Waals surface area contributed by atoms with Crippen molar-refractivity contribution in [2.24, 2.45) is 0 Å². The zero-order valence-corrected chi connectivity index (χ0v) is 22.8. The molecule has 10 heteroatoms. The minimum Gasteiger partial charge on any atom is -0.495 e. The van der Waals surface area contributed by atoms with E-state index < -0.39 is 24.4 Å². The second-order valence-corrected chi connectivity index (χ2v) is 9.89. The molecule has 1 fully saturated rings. The van der Waals surface area contributed by atoms with Gasteiger partial charge >= 0.3 is 6.03 Å². The van der Waals surface area contributed by atoms with Gasteiger partial charge in [0.25, 0.3) is 5.91 Å². The highest BCUT2D eigenvalue weighted by atomic mass is 127. The molecule has 184 valence electrons. The first-order chi connectivity index (χ1) is 17.3. The maximum Gasteiger partial charge on any atom is 0.329 e. The third-order valence-electron chi connectivity index (χ3n) is 5.22. The summed E-state index contributed by atoms with van der Waals surface area (Å²) in [7, 11) is 1.49. The van der Waals surface area contributed by atoms with Gasteiger partial charge in [-0.2, -0.15) is 0 Å². The second-order valence-electron chi connectivity index (χ2n) is 7.73. The summed E-state index contributed by atoms with van der Waals surface area (Å²) in [5, 5.41) is 5.21. The number of urea groups is 1. The first-order valence-electron chi connectivity index (χ1n) is 10.8. The van der Waals surface area contributed by atoms with E-state index in [4.69, 9.17) is 9.47 Å². The molecule has 0 saturated carbocycles. The van der Waals surface area contributed by atoms with Gasteiger partial charge < -0.3 is 20.1 Å². The zero-order valence-electron chi connectivity index (χ0n) is 19.1. The van der Waals surface area contributed by atoms with Gasteiger partial charge in [0.15, 0.2) is 0 Å². The minimum absolute atomic E-state index is 0.0438. The van der Waals surface area contributed by atoms with Crippen molar-refractivity contribution in [2.75, 3.05) is 19.0 Å². The summed E-state index contributed by atoms with van der Waals surface area (Å²) in [6.45, 7) is -0.112. The number of nitrogens with one attached hydrogen (secondary N) is 2. The summed E-state index contributed by atoms with van der Waals surface area (Å²) in [4.78, 5) is 38.8. The number of hydrogen-bond acceptors (Lipinski definition) is 5. The van der Waals surface area contributed by atoms with Crippen LogP contribution in [0.25, 0.3) is 6.08 Å². The van der Waals surface area contributed by atoms with E-state index in [2.05, 4.69) is 49.2 Å². The standard InChI is InChI=1S/C26H21BrIN3O5/c1-35-23-5-3-2-4-20(23)29-24(32)14-31-25(33)21(30-26(31)34)13-17-12-18(27)8-11-22(17)36-15-16-6-9-19(28)10-7-16/h2-13H,14-15H2,1H3,(H,29,32)(H,30,34)/b21-13+. The lowest BCUT2D eigenvalue weighted by Gasteiger charge is -2.13. The Bertz CT molecular complexity index is 1340. The van der Waals surface area contributed by atoms with Crippen molar-refractivity contribution in [1.29, 1.82) is 0 Å². The molecule has 0 aliphatic carbocycles. The average Bonchev–Trinajstić information content (AvgIpc) is 3.12. The summed E-state index contributed by atoms with van der Waals surface area (Å²) in [6, 6.07) is 19.5. The molecule has 0 spiro atoms. The molecule has 1 aliphatic heterocycles. The molecule has 2 N–H and O–H groups in total. The number of benzene rings is 3. The van der Waals surface area contributed by atoms with Gasteiger partial charge in [0, 0.05) is 13.6 Å². The predicted octanol–water partition coefficient (Wildman–Crippen LogP) is 5.17. The number of methoxy groups -OCH3 is 1. The molecule has 8 nitrogen and oxygen atoms in total. The number of rotatable bonds is 8. The summed E-state index contributed by atoms with van der Waals surface area (Å²) in [5.74, 6) is -0.137. The summed E-state index contributed by atoms with van der Waals surface area (Å²) in [6.07, 6.45) is 1.53. The van der Waals surface area contributed by atoms with E-state index >= 15 is 0 Å². The Morgan fingerprint density at radius 1 is 1.08 bits per heavy atom. The van der Waals surface area contributed by atoms with Crippen molar-refractivity contribution in [3.8, 4) is 11.5 Å². The lowest BCUT2D eigenvalue weighted by atomic mass is 10.1. The highest BCUT2D eigenvalue weighted by Gasteiger charge is 2.35. The van der Waals surface area contributed by atoms with E-state index in [1.54, 1.807) is 36.4 Å². The Morgan fingerprint density at radius 3 is 2.58 bits per heavy atom. The van der Waals surface area contributed by atoms with Crippen LogP contribution in [0, 0.1) is 3.57 Å². The SMILES string of the molecule is COc1ccccc1NC(=O)CN1C(=O)N/C(=C/c2cc(Br)ccc2OCc2ccc(I)cc2)C1=O. The third kappa shape index (κ3) is 6.24. The topological polar surface area (TPSA) is 97.0 Å². The van der Waals surface area contributed by atoms with Crippen LogP contribution in [0.5, 0.6) is 11.5 Å². The number of carbonyl (C=O) groups is 3. The van der Waals surface area contributed by atoms with Crippen LogP contribution in [0.1, 0.15) is 11.1 Å². The minimum atomic E-state index is -0.683. The van der Waals surface area contributed by atoms with Gasteiger partial charge in [-0.05, 0) is 76.7 Å². The molecular formula is C26H21BrIN3O5. The van der Waals surface area contributed by atoms with Gasteiger partial charge in [-0.3, -0.25) is 9.59 Å². The number of nitrogens with zero attached hydrogens (tertiary/aromatic N) is 1. The highest BCUT2D eigenvalue weighted by molar-refractivity contribution is 14.1. The highest BCUT2D eigenvalue weighted by Crippen LogP contribution is 2.28. The van der Waals surface area contributed by atoms with Crippen LogP contribution in [-0.2, 0) is 16.2 Å². The van der Waals surface area contributed by atoms with Crippen LogP contribution in [0.3, 0.4) is 0 Å². The fourth-order valence-electron chi connectivity index (χ4n) is 3.46. The fourth-order valence-corrected chi connectivity index (χ4v) is 4.20. The molecule has 0 unspecified atom stereocenters. The van der Waals surface area contributed by atoms with Crippen molar-refractivity contribution in [1.82, 2.24) is 10.2 Å². The molecular weight excluding hydrogens is 641 g/mol. The maximum atomic E-state index is 13.0. The summed E-state index contributed by atoms with van der Waals surface area (Å²) >= 11 is 5.67. The Balaban J connectivity index is 1.48. The van der Waals surface area contributed by atoms with Crippen LogP contribution >= 0.6 is 38.5 Å². The number of halogens is 2. The third-order valence-corrected chi connectivity index (χ3v) is 6.44. The van der Waals surface area contributed by atoms with E-state index in [1.165, 1.54) is 13.2 Å². The van der Waals surface area contributed by atoms with Gasteiger partial charge in [0.05, 0.1) is 12.8 Å². The predicted molar refractivity (Wildman–Crippen MR) is 147 cm³/mol. The molecule has 36 heavy (non-hydrogen) atoms.